The van der Waals surface area contributed by atoms with Gasteiger partial charge >= 0.3 is 0 Å². The molecule has 1 aromatic heterocycles. The van der Waals surface area contributed by atoms with E-state index in [0.717, 1.165) is 17.1 Å². The van der Waals surface area contributed by atoms with E-state index < -0.39 is 0 Å². The second-order valence-corrected chi connectivity index (χ2v) is 6.65. The zero-order valence-corrected chi connectivity index (χ0v) is 15.3. The molecule has 2 heterocycles. The fraction of sp³-hybridized carbons (Fsp3) is 0.368. The first-order valence-electron chi connectivity index (χ1n) is 8.59. The highest BCUT2D eigenvalue weighted by molar-refractivity contribution is 6.00. The fourth-order valence-electron chi connectivity index (χ4n) is 2.97. The minimum Gasteiger partial charge on any atom is -0.350 e. The number of nitrogens with one attached hydrogen (secondary N) is 1. The average Bonchev–Trinajstić information content (AvgIpc) is 3.02. The van der Waals surface area contributed by atoms with Crippen LogP contribution < -0.4 is 15.1 Å². The quantitative estimate of drug-likeness (QED) is 0.882. The van der Waals surface area contributed by atoms with Crippen LogP contribution in [-0.2, 0) is 16.1 Å². The molecule has 0 aliphatic carbocycles. The molecule has 1 aliphatic heterocycles. The van der Waals surface area contributed by atoms with E-state index in [1.54, 1.807) is 4.90 Å². The van der Waals surface area contributed by atoms with Crippen LogP contribution in [0.15, 0.2) is 36.4 Å². The van der Waals surface area contributed by atoms with Gasteiger partial charge in [-0.1, -0.05) is 18.2 Å². The molecule has 1 N–H and O–H groups in total. The maximum atomic E-state index is 12.5. The summed E-state index contributed by atoms with van der Waals surface area (Å²) in [4.78, 5) is 37.0. The number of amides is 2. The summed E-state index contributed by atoms with van der Waals surface area (Å²) in [6.45, 7) is 2.62. The average molecular weight is 353 g/mol. The third-order valence-corrected chi connectivity index (χ3v) is 4.30. The third-order valence-electron chi connectivity index (χ3n) is 4.30. The van der Waals surface area contributed by atoms with Gasteiger partial charge < -0.3 is 15.1 Å². The predicted octanol–water partition coefficient (Wildman–Crippen LogP) is 1.52. The molecule has 1 atom stereocenters. The van der Waals surface area contributed by atoms with Crippen molar-refractivity contribution in [2.75, 3.05) is 30.4 Å². The molecule has 1 aliphatic rings. The SMILES string of the molecule is Cc1cc(CNC(=O)C2CC(=O)N(c3ccccc3)C2)nc(N(C)C)n1. The van der Waals surface area contributed by atoms with Crippen LogP contribution in [-0.4, -0.2) is 42.4 Å². The highest BCUT2D eigenvalue weighted by Gasteiger charge is 2.34. The van der Waals surface area contributed by atoms with Gasteiger partial charge in [0.25, 0.3) is 0 Å². The van der Waals surface area contributed by atoms with Gasteiger partial charge in [0.2, 0.25) is 17.8 Å². The van der Waals surface area contributed by atoms with E-state index in [9.17, 15) is 9.59 Å². The monoisotopic (exact) mass is 353 g/mol. The number of nitrogens with zero attached hydrogens (tertiary/aromatic N) is 4. The first-order chi connectivity index (χ1) is 12.4. The molecular formula is C19H23N5O2. The molecule has 0 saturated carbocycles. The van der Waals surface area contributed by atoms with Gasteiger partial charge in [0, 0.05) is 38.4 Å². The molecule has 136 valence electrons. The summed E-state index contributed by atoms with van der Waals surface area (Å²) in [5, 5.41) is 2.90. The minimum absolute atomic E-state index is 0.0240. The van der Waals surface area contributed by atoms with Crippen molar-refractivity contribution in [3.05, 3.63) is 47.8 Å². The lowest BCUT2D eigenvalue weighted by atomic mass is 10.1. The highest BCUT2D eigenvalue weighted by atomic mass is 16.2. The van der Waals surface area contributed by atoms with E-state index >= 15 is 0 Å². The summed E-state index contributed by atoms with van der Waals surface area (Å²) in [5.74, 6) is 0.114. The lowest BCUT2D eigenvalue weighted by molar-refractivity contribution is -0.126. The molecule has 1 fully saturated rings. The molecule has 26 heavy (non-hydrogen) atoms. The lowest BCUT2D eigenvalue weighted by Gasteiger charge is -2.16. The Kier molecular flexibility index (Phi) is 5.16. The van der Waals surface area contributed by atoms with E-state index in [0.29, 0.717) is 19.0 Å². The Labute approximate surface area is 153 Å². The van der Waals surface area contributed by atoms with E-state index in [1.165, 1.54) is 0 Å². The zero-order valence-electron chi connectivity index (χ0n) is 15.3. The number of para-hydroxylation sites is 1. The van der Waals surface area contributed by atoms with Crippen LogP contribution in [0.4, 0.5) is 11.6 Å². The number of carbonyl (C=O) groups excluding carboxylic acids is 2. The first-order valence-corrected chi connectivity index (χ1v) is 8.59. The van der Waals surface area contributed by atoms with Gasteiger partial charge in [-0.3, -0.25) is 9.59 Å². The zero-order chi connectivity index (χ0) is 18.7. The van der Waals surface area contributed by atoms with Crippen LogP contribution in [0.5, 0.6) is 0 Å². The number of rotatable bonds is 5. The summed E-state index contributed by atoms with van der Waals surface area (Å²) < 4.78 is 0. The van der Waals surface area contributed by atoms with E-state index in [1.807, 2.05) is 62.3 Å². The van der Waals surface area contributed by atoms with Crippen molar-refractivity contribution in [1.29, 1.82) is 0 Å². The molecule has 0 radical (unpaired) electrons. The van der Waals surface area contributed by atoms with E-state index in [-0.39, 0.29) is 24.2 Å². The summed E-state index contributed by atoms with van der Waals surface area (Å²) in [5.41, 5.74) is 2.42. The van der Waals surface area contributed by atoms with Gasteiger partial charge in [0.05, 0.1) is 18.2 Å². The lowest BCUT2D eigenvalue weighted by Crippen LogP contribution is -2.33. The Morgan fingerprint density at radius 1 is 1.27 bits per heavy atom. The second-order valence-electron chi connectivity index (χ2n) is 6.65. The van der Waals surface area contributed by atoms with Crippen molar-refractivity contribution >= 4 is 23.5 Å². The number of anilines is 2. The van der Waals surface area contributed by atoms with Crippen LogP contribution in [0.1, 0.15) is 17.8 Å². The molecule has 3 rings (SSSR count). The maximum Gasteiger partial charge on any atom is 0.227 e. The van der Waals surface area contributed by atoms with Crippen molar-refractivity contribution < 1.29 is 9.59 Å². The molecule has 7 heteroatoms. The number of hydrogen-bond acceptors (Lipinski definition) is 5. The molecule has 0 spiro atoms. The van der Waals surface area contributed by atoms with E-state index in [4.69, 9.17) is 0 Å². The second kappa shape index (κ2) is 7.51. The highest BCUT2D eigenvalue weighted by Crippen LogP contribution is 2.24. The normalized spacial score (nSPS) is 16.7. The Morgan fingerprint density at radius 3 is 2.69 bits per heavy atom. The fourth-order valence-corrected chi connectivity index (χ4v) is 2.97. The Bertz CT molecular complexity index is 807. The molecule has 0 bridgehead atoms. The van der Waals surface area contributed by atoms with Crippen molar-refractivity contribution in [1.82, 2.24) is 15.3 Å². The summed E-state index contributed by atoms with van der Waals surface area (Å²) in [7, 11) is 3.75. The van der Waals surface area contributed by atoms with Gasteiger partial charge in [-0.25, -0.2) is 9.97 Å². The standard InChI is InChI=1S/C19H23N5O2/c1-13-9-15(22-19(21-13)23(2)3)11-20-18(26)14-10-17(25)24(12-14)16-7-5-4-6-8-16/h4-9,14H,10-12H2,1-3H3,(H,20,26). The molecule has 2 aromatic rings. The van der Waals surface area contributed by atoms with Crippen molar-refractivity contribution in [2.45, 2.75) is 19.9 Å². The van der Waals surface area contributed by atoms with Crippen LogP contribution >= 0.6 is 0 Å². The van der Waals surface area contributed by atoms with Gasteiger partial charge in [0.15, 0.2) is 0 Å². The molecule has 1 unspecified atom stereocenters. The van der Waals surface area contributed by atoms with Crippen LogP contribution in [0.25, 0.3) is 0 Å². The van der Waals surface area contributed by atoms with Crippen molar-refractivity contribution in [2.24, 2.45) is 5.92 Å². The molecule has 1 aromatic carbocycles. The van der Waals surface area contributed by atoms with Crippen molar-refractivity contribution in [3.8, 4) is 0 Å². The minimum atomic E-state index is -0.348. The number of benzene rings is 1. The van der Waals surface area contributed by atoms with Crippen LogP contribution in [0.2, 0.25) is 0 Å². The predicted molar refractivity (Wildman–Crippen MR) is 99.8 cm³/mol. The topological polar surface area (TPSA) is 78.4 Å². The smallest absolute Gasteiger partial charge is 0.227 e. The molecular weight excluding hydrogens is 330 g/mol. The number of aryl methyl sites for hydroxylation is 1. The third kappa shape index (κ3) is 3.99. The van der Waals surface area contributed by atoms with Gasteiger partial charge in [-0.2, -0.15) is 0 Å². The van der Waals surface area contributed by atoms with Gasteiger partial charge in [0.1, 0.15) is 0 Å². The first kappa shape index (κ1) is 17.8. The number of hydrogen-bond donors (Lipinski definition) is 1. The van der Waals surface area contributed by atoms with Crippen LogP contribution in [0, 0.1) is 12.8 Å². The van der Waals surface area contributed by atoms with Crippen LogP contribution in [0.3, 0.4) is 0 Å². The van der Waals surface area contributed by atoms with E-state index in [2.05, 4.69) is 15.3 Å². The van der Waals surface area contributed by atoms with Crippen molar-refractivity contribution in [3.63, 3.8) is 0 Å². The summed E-state index contributed by atoms with van der Waals surface area (Å²) in [6.07, 6.45) is 0.229. The maximum absolute atomic E-state index is 12.5. The number of aromatic nitrogens is 2. The van der Waals surface area contributed by atoms with Gasteiger partial charge in [-0.05, 0) is 25.1 Å². The Hall–Kier alpha value is -2.96. The summed E-state index contributed by atoms with van der Waals surface area (Å²) in [6, 6.07) is 11.3. The largest absolute Gasteiger partial charge is 0.350 e. The van der Waals surface area contributed by atoms with Gasteiger partial charge in [-0.15, -0.1) is 0 Å². The number of carbonyl (C=O) groups is 2. The summed E-state index contributed by atoms with van der Waals surface area (Å²) >= 11 is 0. The molecule has 1 saturated heterocycles. The molecule has 2 amide bonds. The molecule has 7 nitrogen and oxygen atoms in total. The Morgan fingerprint density at radius 2 is 2.00 bits per heavy atom. The Balaban J connectivity index is 1.62.